The number of alkyl carbamates (subject to hydrolysis) is 1. The van der Waals surface area contributed by atoms with E-state index in [9.17, 15) is 4.79 Å². The lowest BCUT2D eigenvalue weighted by atomic mass is 10.0. The number of allylic oxidation sites excluding steroid dienone is 2. The Kier molecular flexibility index (Phi) is 1.28. The van der Waals surface area contributed by atoms with Crippen LogP contribution in [0.3, 0.4) is 0 Å². The Morgan fingerprint density at radius 2 is 2.45 bits per heavy atom. The minimum atomic E-state index is -0.446. The summed E-state index contributed by atoms with van der Waals surface area (Å²) < 4.78 is 4.53. The van der Waals surface area contributed by atoms with Crippen LogP contribution in [-0.2, 0) is 4.74 Å². The average molecular weight is 148 g/mol. The Morgan fingerprint density at radius 1 is 1.55 bits per heavy atom. The topological polar surface area (TPSA) is 38.3 Å². The van der Waals surface area contributed by atoms with E-state index < -0.39 is 6.09 Å². The molecule has 1 unspecified atom stereocenters. The molecule has 0 saturated heterocycles. The molecule has 1 amide bonds. The van der Waals surface area contributed by atoms with Gasteiger partial charge in [-0.25, -0.2) is 4.79 Å². The molecule has 1 aliphatic heterocycles. The lowest BCUT2D eigenvalue weighted by Gasteiger charge is -2.20. The smallest absolute Gasteiger partial charge is 0.406 e. The van der Waals surface area contributed by atoms with Gasteiger partial charge in [0.2, 0.25) is 0 Å². The summed E-state index contributed by atoms with van der Waals surface area (Å²) in [4.78, 5) is 10.7. The summed E-state index contributed by atoms with van der Waals surface area (Å²) in [6.07, 6.45) is 9.57. The largest absolute Gasteiger partial charge is 0.413 e. The van der Waals surface area contributed by atoms with E-state index in [1.54, 1.807) is 0 Å². The van der Waals surface area contributed by atoms with Crippen molar-refractivity contribution in [3.8, 4) is 0 Å². The van der Waals surface area contributed by atoms with Gasteiger partial charge in [0.15, 0.2) is 6.26 Å². The Hall–Kier alpha value is -1.51. The van der Waals surface area contributed by atoms with E-state index >= 15 is 0 Å². The van der Waals surface area contributed by atoms with Gasteiger partial charge in [-0.05, 0) is 0 Å². The lowest BCUT2D eigenvalue weighted by Crippen LogP contribution is -2.38. The Balaban J connectivity index is 2.30. The number of amides is 1. The maximum Gasteiger partial charge on any atom is 0.413 e. The summed E-state index contributed by atoms with van der Waals surface area (Å²) in [5, 5.41) is 2.62. The first-order chi connectivity index (χ1) is 5.36. The zero-order chi connectivity index (χ0) is 7.68. The maximum absolute atomic E-state index is 10.7. The van der Waals surface area contributed by atoms with E-state index in [0.717, 1.165) is 5.57 Å². The fourth-order valence-corrected chi connectivity index (χ4v) is 1.03. The highest BCUT2D eigenvalue weighted by Gasteiger charge is 2.20. The number of rotatable bonds is 0. The second kappa shape index (κ2) is 2.27. The van der Waals surface area contributed by atoms with Crippen LogP contribution >= 0.6 is 0 Å². The summed E-state index contributed by atoms with van der Waals surface area (Å²) in [6, 6.07) is -0.0544. The van der Waals surface area contributed by atoms with Gasteiger partial charge < -0.3 is 10.1 Å². The molecular formula is C8H6NO2. The van der Waals surface area contributed by atoms with Crippen LogP contribution in [0.4, 0.5) is 4.79 Å². The highest BCUT2D eigenvalue weighted by atomic mass is 16.5. The van der Waals surface area contributed by atoms with Crippen LogP contribution in [0.25, 0.3) is 0 Å². The summed E-state index contributed by atoms with van der Waals surface area (Å²) in [5.74, 6) is 0. The maximum atomic E-state index is 10.7. The SMILES string of the molecule is O=C1NC2C=CC=CC2=[C]O1. The zero-order valence-electron chi connectivity index (χ0n) is 5.70. The Labute approximate surface area is 64.0 Å². The Bertz CT molecular complexity index is 276. The standard InChI is InChI=1S/C8H6NO2/c10-8-9-7-4-2-1-3-6(7)5-11-8/h1-4,7H,(H,9,10). The molecule has 0 aromatic heterocycles. The first-order valence-corrected chi connectivity index (χ1v) is 3.31. The number of nitrogens with one attached hydrogen (secondary N) is 1. The van der Waals surface area contributed by atoms with Crippen LogP contribution in [0.15, 0.2) is 29.9 Å². The minimum absolute atomic E-state index is 0.0544. The molecule has 3 nitrogen and oxygen atoms in total. The van der Waals surface area contributed by atoms with E-state index in [4.69, 9.17) is 0 Å². The van der Waals surface area contributed by atoms with Crippen LogP contribution < -0.4 is 5.32 Å². The molecule has 0 spiro atoms. The molecule has 0 saturated carbocycles. The second-order valence-electron chi connectivity index (χ2n) is 2.31. The summed E-state index contributed by atoms with van der Waals surface area (Å²) >= 11 is 0. The van der Waals surface area contributed by atoms with Crippen LogP contribution in [0, 0.1) is 6.26 Å². The molecule has 1 radical (unpaired) electrons. The number of hydrogen-bond acceptors (Lipinski definition) is 2. The van der Waals surface area contributed by atoms with Gasteiger partial charge in [-0.15, -0.1) is 0 Å². The quantitative estimate of drug-likeness (QED) is 0.554. The highest BCUT2D eigenvalue weighted by molar-refractivity contribution is 5.71. The fourth-order valence-electron chi connectivity index (χ4n) is 1.03. The minimum Gasteiger partial charge on any atom is -0.406 e. The van der Waals surface area contributed by atoms with E-state index in [2.05, 4.69) is 16.3 Å². The molecule has 1 aliphatic carbocycles. The predicted molar refractivity (Wildman–Crippen MR) is 38.4 cm³/mol. The van der Waals surface area contributed by atoms with Crippen molar-refractivity contribution in [2.45, 2.75) is 6.04 Å². The average Bonchev–Trinajstić information content (AvgIpc) is 2.04. The molecule has 0 fully saturated rings. The molecule has 0 aromatic rings. The number of carbonyl (C=O) groups excluding carboxylic acids is 1. The lowest BCUT2D eigenvalue weighted by molar-refractivity contribution is 0.171. The van der Waals surface area contributed by atoms with Crippen molar-refractivity contribution in [1.82, 2.24) is 5.32 Å². The normalized spacial score (nSPS) is 26.7. The number of cyclic esters (lactones) is 1. The molecule has 3 heteroatoms. The van der Waals surface area contributed by atoms with Gasteiger partial charge in [0.25, 0.3) is 0 Å². The van der Waals surface area contributed by atoms with E-state index in [0.29, 0.717) is 0 Å². The van der Waals surface area contributed by atoms with Crippen LogP contribution in [0.5, 0.6) is 0 Å². The predicted octanol–water partition coefficient (Wildman–Crippen LogP) is 0.908. The third-order valence-corrected chi connectivity index (χ3v) is 1.56. The van der Waals surface area contributed by atoms with Gasteiger partial charge >= 0.3 is 6.09 Å². The third-order valence-electron chi connectivity index (χ3n) is 1.56. The van der Waals surface area contributed by atoms with E-state index in [1.807, 2.05) is 24.3 Å². The summed E-state index contributed by atoms with van der Waals surface area (Å²) in [7, 11) is 0. The van der Waals surface area contributed by atoms with E-state index in [-0.39, 0.29) is 6.04 Å². The first-order valence-electron chi connectivity index (χ1n) is 3.31. The fraction of sp³-hybridized carbons (Fsp3) is 0.125. The molecule has 2 rings (SSSR count). The second-order valence-corrected chi connectivity index (χ2v) is 2.31. The van der Waals surface area contributed by atoms with Crippen molar-refractivity contribution in [1.29, 1.82) is 0 Å². The van der Waals surface area contributed by atoms with Crippen molar-refractivity contribution in [3.63, 3.8) is 0 Å². The monoisotopic (exact) mass is 148 g/mol. The highest BCUT2D eigenvalue weighted by Crippen LogP contribution is 2.14. The van der Waals surface area contributed by atoms with Crippen LogP contribution in [-0.4, -0.2) is 12.1 Å². The van der Waals surface area contributed by atoms with Crippen molar-refractivity contribution in [2.75, 3.05) is 0 Å². The van der Waals surface area contributed by atoms with Gasteiger partial charge in [-0.3, -0.25) is 0 Å². The molecule has 2 aliphatic rings. The van der Waals surface area contributed by atoms with Crippen LogP contribution in [0.2, 0.25) is 0 Å². The zero-order valence-corrected chi connectivity index (χ0v) is 5.70. The molecule has 55 valence electrons. The number of hydrogen-bond donors (Lipinski definition) is 1. The van der Waals surface area contributed by atoms with Gasteiger partial charge in [-0.1, -0.05) is 24.3 Å². The first kappa shape index (κ1) is 6.22. The van der Waals surface area contributed by atoms with Gasteiger partial charge in [0.1, 0.15) is 0 Å². The molecular weight excluding hydrogens is 142 g/mol. The summed E-state index contributed by atoms with van der Waals surface area (Å²) in [6.45, 7) is 0. The molecule has 1 atom stereocenters. The van der Waals surface area contributed by atoms with Gasteiger partial charge in [0.05, 0.1) is 6.04 Å². The van der Waals surface area contributed by atoms with Crippen molar-refractivity contribution in [2.24, 2.45) is 0 Å². The molecule has 0 bridgehead atoms. The number of carbonyl (C=O) groups is 1. The molecule has 0 aromatic carbocycles. The van der Waals surface area contributed by atoms with E-state index in [1.165, 1.54) is 0 Å². The van der Waals surface area contributed by atoms with Crippen LogP contribution in [0.1, 0.15) is 0 Å². The number of fused-ring (bicyclic) bond motifs is 1. The number of ether oxygens (including phenoxy) is 1. The molecule has 11 heavy (non-hydrogen) atoms. The third kappa shape index (κ3) is 1.05. The van der Waals surface area contributed by atoms with Gasteiger partial charge in [-0.2, -0.15) is 0 Å². The van der Waals surface area contributed by atoms with Crippen molar-refractivity contribution < 1.29 is 9.53 Å². The van der Waals surface area contributed by atoms with Crippen molar-refractivity contribution >= 4 is 6.09 Å². The summed E-state index contributed by atoms with van der Waals surface area (Å²) in [5.41, 5.74) is 0.854. The molecule has 1 heterocycles. The van der Waals surface area contributed by atoms with Gasteiger partial charge in [0, 0.05) is 5.57 Å². The molecule has 1 N–H and O–H groups in total. The van der Waals surface area contributed by atoms with Crippen molar-refractivity contribution in [3.05, 3.63) is 36.1 Å². The Morgan fingerprint density at radius 3 is 3.36 bits per heavy atom.